The van der Waals surface area contributed by atoms with Crippen LogP contribution in [0.25, 0.3) is 0 Å². The average molecular weight is 250 g/mol. The SMILES string of the molecule is CC1CCC(CN)(N2CCC3CCCCC32)CC1. The molecule has 3 aliphatic rings. The van der Waals surface area contributed by atoms with E-state index in [-0.39, 0.29) is 0 Å². The van der Waals surface area contributed by atoms with E-state index in [2.05, 4.69) is 11.8 Å². The van der Waals surface area contributed by atoms with Gasteiger partial charge in [0.25, 0.3) is 0 Å². The van der Waals surface area contributed by atoms with Gasteiger partial charge in [0, 0.05) is 18.1 Å². The Bertz CT molecular complexity index is 281. The van der Waals surface area contributed by atoms with E-state index in [1.807, 2.05) is 0 Å². The maximum absolute atomic E-state index is 6.24. The summed E-state index contributed by atoms with van der Waals surface area (Å²) < 4.78 is 0. The molecule has 2 atom stereocenters. The van der Waals surface area contributed by atoms with Crippen molar-refractivity contribution in [2.75, 3.05) is 13.1 Å². The molecule has 2 heteroatoms. The number of hydrogen-bond donors (Lipinski definition) is 1. The van der Waals surface area contributed by atoms with Crippen molar-refractivity contribution in [1.29, 1.82) is 0 Å². The normalized spacial score (nSPS) is 46.0. The van der Waals surface area contributed by atoms with Gasteiger partial charge in [-0.05, 0) is 63.3 Å². The molecule has 2 saturated carbocycles. The van der Waals surface area contributed by atoms with Crippen LogP contribution in [0.2, 0.25) is 0 Å². The van der Waals surface area contributed by atoms with Crippen LogP contribution in [0.4, 0.5) is 0 Å². The van der Waals surface area contributed by atoms with E-state index in [0.717, 1.165) is 24.4 Å². The van der Waals surface area contributed by atoms with Gasteiger partial charge in [0.1, 0.15) is 0 Å². The van der Waals surface area contributed by atoms with Crippen molar-refractivity contribution in [3.8, 4) is 0 Å². The Morgan fingerprint density at radius 2 is 1.78 bits per heavy atom. The van der Waals surface area contributed by atoms with Crippen LogP contribution in [0.1, 0.15) is 64.7 Å². The van der Waals surface area contributed by atoms with Crippen molar-refractivity contribution in [3.05, 3.63) is 0 Å². The summed E-state index contributed by atoms with van der Waals surface area (Å²) >= 11 is 0. The van der Waals surface area contributed by atoms with Crippen molar-refractivity contribution >= 4 is 0 Å². The number of nitrogens with two attached hydrogens (primary N) is 1. The predicted molar refractivity (Wildman–Crippen MR) is 76.5 cm³/mol. The Balaban J connectivity index is 1.75. The van der Waals surface area contributed by atoms with Crippen molar-refractivity contribution in [2.45, 2.75) is 76.3 Å². The number of likely N-dealkylation sites (tertiary alicyclic amines) is 1. The molecule has 2 aliphatic carbocycles. The minimum absolute atomic E-state index is 0.378. The third kappa shape index (κ3) is 2.12. The Hall–Kier alpha value is -0.0800. The van der Waals surface area contributed by atoms with Crippen molar-refractivity contribution < 1.29 is 0 Å². The van der Waals surface area contributed by atoms with Gasteiger partial charge in [-0.15, -0.1) is 0 Å². The first-order valence-electron chi connectivity index (χ1n) is 8.22. The highest BCUT2D eigenvalue weighted by atomic mass is 15.3. The second-order valence-electron chi connectivity index (χ2n) is 7.20. The third-order valence-electron chi connectivity index (χ3n) is 6.20. The summed E-state index contributed by atoms with van der Waals surface area (Å²) in [7, 11) is 0. The minimum Gasteiger partial charge on any atom is -0.329 e. The highest BCUT2D eigenvalue weighted by molar-refractivity contribution is 5.03. The Morgan fingerprint density at radius 3 is 2.50 bits per heavy atom. The molecule has 1 heterocycles. The van der Waals surface area contributed by atoms with E-state index < -0.39 is 0 Å². The monoisotopic (exact) mass is 250 g/mol. The van der Waals surface area contributed by atoms with Crippen molar-refractivity contribution in [2.24, 2.45) is 17.6 Å². The molecule has 0 aromatic carbocycles. The van der Waals surface area contributed by atoms with Crippen LogP contribution in [0.3, 0.4) is 0 Å². The molecule has 0 bridgehead atoms. The smallest absolute Gasteiger partial charge is 0.0335 e. The fraction of sp³-hybridized carbons (Fsp3) is 1.00. The molecule has 2 N–H and O–H groups in total. The molecule has 18 heavy (non-hydrogen) atoms. The fourth-order valence-corrected chi connectivity index (χ4v) is 4.90. The van der Waals surface area contributed by atoms with Crippen LogP contribution in [-0.2, 0) is 0 Å². The average Bonchev–Trinajstić information content (AvgIpc) is 2.85. The topological polar surface area (TPSA) is 29.3 Å². The number of nitrogens with zero attached hydrogens (tertiary/aromatic N) is 1. The molecule has 0 spiro atoms. The quantitative estimate of drug-likeness (QED) is 0.815. The molecular weight excluding hydrogens is 220 g/mol. The molecule has 1 aliphatic heterocycles. The van der Waals surface area contributed by atoms with E-state index in [4.69, 9.17) is 5.73 Å². The Morgan fingerprint density at radius 1 is 1.06 bits per heavy atom. The van der Waals surface area contributed by atoms with Gasteiger partial charge in [0.2, 0.25) is 0 Å². The van der Waals surface area contributed by atoms with Crippen LogP contribution in [0.15, 0.2) is 0 Å². The van der Waals surface area contributed by atoms with Gasteiger partial charge < -0.3 is 5.73 Å². The molecule has 0 amide bonds. The van der Waals surface area contributed by atoms with Gasteiger partial charge in [-0.1, -0.05) is 19.8 Å². The Kier molecular flexibility index (Phi) is 3.68. The molecule has 3 rings (SSSR count). The molecule has 0 aromatic rings. The van der Waals surface area contributed by atoms with E-state index in [0.29, 0.717) is 5.54 Å². The predicted octanol–water partition coefficient (Wildman–Crippen LogP) is 3.16. The summed E-state index contributed by atoms with van der Waals surface area (Å²) in [6.45, 7) is 4.64. The van der Waals surface area contributed by atoms with Gasteiger partial charge in [-0.2, -0.15) is 0 Å². The van der Waals surface area contributed by atoms with Crippen LogP contribution >= 0.6 is 0 Å². The zero-order valence-corrected chi connectivity index (χ0v) is 12.0. The molecule has 3 fully saturated rings. The maximum atomic E-state index is 6.24. The summed E-state index contributed by atoms with van der Waals surface area (Å²) in [5, 5.41) is 0. The van der Waals surface area contributed by atoms with Crippen molar-refractivity contribution in [1.82, 2.24) is 4.90 Å². The number of fused-ring (bicyclic) bond motifs is 1. The molecule has 104 valence electrons. The fourth-order valence-electron chi connectivity index (χ4n) is 4.90. The van der Waals surface area contributed by atoms with Gasteiger partial charge in [-0.25, -0.2) is 0 Å². The first kappa shape index (κ1) is 12.9. The molecule has 0 aromatic heterocycles. The number of hydrogen-bond acceptors (Lipinski definition) is 2. The lowest BCUT2D eigenvalue weighted by atomic mass is 9.74. The zero-order valence-electron chi connectivity index (χ0n) is 12.0. The largest absolute Gasteiger partial charge is 0.329 e. The van der Waals surface area contributed by atoms with E-state index in [1.54, 1.807) is 0 Å². The maximum Gasteiger partial charge on any atom is 0.0335 e. The van der Waals surface area contributed by atoms with Gasteiger partial charge in [0.15, 0.2) is 0 Å². The lowest BCUT2D eigenvalue weighted by molar-refractivity contribution is 0.0168. The molecule has 0 radical (unpaired) electrons. The lowest BCUT2D eigenvalue weighted by Crippen LogP contribution is -2.58. The summed E-state index contributed by atoms with van der Waals surface area (Å²) in [5.74, 6) is 1.93. The summed E-state index contributed by atoms with van der Waals surface area (Å²) in [6.07, 6.45) is 12.8. The second kappa shape index (κ2) is 5.13. The first-order valence-corrected chi connectivity index (χ1v) is 8.22. The van der Waals surface area contributed by atoms with E-state index in [1.165, 1.54) is 64.3 Å². The van der Waals surface area contributed by atoms with E-state index >= 15 is 0 Å². The van der Waals surface area contributed by atoms with Crippen LogP contribution in [0.5, 0.6) is 0 Å². The van der Waals surface area contributed by atoms with Gasteiger partial charge in [0.05, 0.1) is 0 Å². The molecular formula is C16H30N2. The summed E-state index contributed by atoms with van der Waals surface area (Å²) in [5.41, 5.74) is 6.62. The Labute approximate surface area is 112 Å². The second-order valence-corrected chi connectivity index (χ2v) is 7.20. The molecule has 2 unspecified atom stereocenters. The third-order valence-corrected chi connectivity index (χ3v) is 6.20. The highest BCUT2D eigenvalue weighted by Crippen LogP contribution is 2.45. The highest BCUT2D eigenvalue weighted by Gasteiger charge is 2.47. The summed E-state index contributed by atoms with van der Waals surface area (Å²) in [6, 6.07) is 0.885. The van der Waals surface area contributed by atoms with Gasteiger partial charge in [-0.3, -0.25) is 4.90 Å². The van der Waals surface area contributed by atoms with Crippen LogP contribution in [-0.4, -0.2) is 29.6 Å². The number of rotatable bonds is 2. The lowest BCUT2D eigenvalue weighted by Gasteiger charge is -2.49. The van der Waals surface area contributed by atoms with Crippen LogP contribution in [0, 0.1) is 11.8 Å². The minimum atomic E-state index is 0.378. The summed E-state index contributed by atoms with van der Waals surface area (Å²) in [4.78, 5) is 2.88. The zero-order chi connectivity index (χ0) is 12.6. The molecule has 2 nitrogen and oxygen atoms in total. The molecule has 1 saturated heterocycles. The first-order chi connectivity index (χ1) is 8.75. The van der Waals surface area contributed by atoms with Crippen LogP contribution < -0.4 is 5.73 Å². The van der Waals surface area contributed by atoms with Crippen molar-refractivity contribution in [3.63, 3.8) is 0 Å². The van der Waals surface area contributed by atoms with E-state index in [9.17, 15) is 0 Å². The van der Waals surface area contributed by atoms with Gasteiger partial charge >= 0.3 is 0 Å². The standard InChI is InChI=1S/C16H30N2/c1-13-6-9-16(12-17,10-7-13)18-11-8-14-4-2-3-5-15(14)18/h13-15H,2-12,17H2,1H3.